The molecule has 0 unspecified atom stereocenters. The first-order valence-electron chi connectivity index (χ1n) is 9.15. The quantitative estimate of drug-likeness (QED) is 0.438. The molecule has 3 nitrogen and oxygen atoms in total. The number of allylic oxidation sites excluding steroid dienone is 5. The Kier molecular flexibility index (Phi) is 7.79. The Morgan fingerprint density at radius 3 is 2.46 bits per heavy atom. The van der Waals surface area contributed by atoms with Gasteiger partial charge in [0.05, 0.1) is 13.2 Å². The van der Waals surface area contributed by atoms with E-state index in [-0.39, 0.29) is 5.78 Å². The summed E-state index contributed by atoms with van der Waals surface area (Å²) in [7, 11) is 0. The van der Waals surface area contributed by atoms with E-state index in [1.165, 1.54) is 0 Å². The van der Waals surface area contributed by atoms with E-state index < -0.39 is 0 Å². The average Bonchev–Trinajstić information content (AvgIpc) is 2.63. The number of thiocarbonyl (C=S) groups is 1. The minimum Gasteiger partial charge on any atom is -0.493 e. The zero-order valence-corrected chi connectivity index (χ0v) is 16.5. The molecule has 1 aliphatic carbocycles. The predicted octanol–water partition coefficient (Wildman–Crippen LogP) is 5.28. The van der Waals surface area contributed by atoms with Crippen molar-refractivity contribution in [1.82, 2.24) is 0 Å². The summed E-state index contributed by atoms with van der Waals surface area (Å²) in [6.45, 7) is 7.22. The Hall–Kier alpha value is -2.20. The van der Waals surface area contributed by atoms with Gasteiger partial charge in [-0.2, -0.15) is 0 Å². The minimum absolute atomic E-state index is 0.0304. The maximum absolute atomic E-state index is 12.4. The molecule has 0 spiro atoms. The van der Waals surface area contributed by atoms with Gasteiger partial charge in [-0.3, -0.25) is 4.79 Å². The Morgan fingerprint density at radius 2 is 1.85 bits per heavy atom. The molecule has 0 fully saturated rings. The third-order valence-corrected chi connectivity index (χ3v) is 4.29. The van der Waals surface area contributed by atoms with Crippen LogP contribution in [0.5, 0.6) is 11.5 Å². The highest BCUT2D eigenvalue weighted by atomic mass is 32.1. The molecule has 0 saturated carbocycles. The van der Waals surface area contributed by atoms with Crippen molar-refractivity contribution in [3.05, 3.63) is 53.1 Å². The standard InChI is InChI=1S/C22H26O3S/c1-4-7-17-14-18(22(25-6-3)15-21(17)24-5-2)10-13-20(23)16-8-11-19(26)12-9-16/h8-11,13-15H,4-7,12H2,1-3H3. The van der Waals surface area contributed by atoms with Crippen LogP contribution in [0.2, 0.25) is 0 Å². The molecular weight excluding hydrogens is 344 g/mol. The summed E-state index contributed by atoms with van der Waals surface area (Å²) < 4.78 is 11.5. The first-order chi connectivity index (χ1) is 12.6. The summed E-state index contributed by atoms with van der Waals surface area (Å²) in [5.74, 6) is 1.55. The highest BCUT2D eigenvalue weighted by molar-refractivity contribution is 7.80. The number of ether oxygens (including phenoxy) is 2. The smallest absolute Gasteiger partial charge is 0.185 e. The summed E-state index contributed by atoms with van der Waals surface area (Å²) in [5.41, 5.74) is 2.70. The molecule has 0 atom stereocenters. The molecule has 138 valence electrons. The molecule has 0 aliphatic heterocycles. The Labute approximate surface area is 161 Å². The van der Waals surface area contributed by atoms with E-state index >= 15 is 0 Å². The normalized spacial score (nSPS) is 13.8. The average molecular weight is 371 g/mol. The van der Waals surface area contributed by atoms with Crippen LogP contribution in [0.3, 0.4) is 0 Å². The molecule has 2 rings (SSSR count). The van der Waals surface area contributed by atoms with E-state index in [4.69, 9.17) is 21.7 Å². The van der Waals surface area contributed by atoms with Crippen LogP contribution in [-0.2, 0) is 11.2 Å². The van der Waals surface area contributed by atoms with Crippen LogP contribution in [0.25, 0.3) is 6.08 Å². The van der Waals surface area contributed by atoms with E-state index in [9.17, 15) is 4.79 Å². The van der Waals surface area contributed by atoms with Crippen molar-refractivity contribution in [2.24, 2.45) is 0 Å². The molecule has 0 bridgehead atoms. The number of rotatable bonds is 9. The maximum Gasteiger partial charge on any atom is 0.185 e. The first-order valence-corrected chi connectivity index (χ1v) is 9.55. The van der Waals surface area contributed by atoms with Gasteiger partial charge in [0.1, 0.15) is 11.5 Å². The highest BCUT2D eigenvalue weighted by Crippen LogP contribution is 2.31. The van der Waals surface area contributed by atoms with Crippen LogP contribution in [-0.4, -0.2) is 23.9 Å². The van der Waals surface area contributed by atoms with Gasteiger partial charge in [-0.05, 0) is 50.1 Å². The van der Waals surface area contributed by atoms with Crippen LogP contribution in [0, 0.1) is 0 Å². The van der Waals surface area contributed by atoms with Crippen molar-refractivity contribution in [2.45, 2.75) is 40.0 Å². The predicted molar refractivity (Wildman–Crippen MR) is 111 cm³/mol. The van der Waals surface area contributed by atoms with Crippen molar-refractivity contribution < 1.29 is 14.3 Å². The summed E-state index contributed by atoms with van der Waals surface area (Å²) in [5, 5.41) is 0. The molecule has 0 saturated heterocycles. The number of hydrogen-bond acceptors (Lipinski definition) is 4. The fourth-order valence-corrected chi connectivity index (χ4v) is 2.92. The Morgan fingerprint density at radius 1 is 1.12 bits per heavy atom. The maximum atomic E-state index is 12.4. The summed E-state index contributed by atoms with van der Waals surface area (Å²) in [4.78, 5) is 13.3. The Bertz CT molecular complexity index is 757. The van der Waals surface area contributed by atoms with Crippen LogP contribution in [0.4, 0.5) is 0 Å². The van der Waals surface area contributed by atoms with Gasteiger partial charge < -0.3 is 9.47 Å². The van der Waals surface area contributed by atoms with Crippen molar-refractivity contribution in [2.75, 3.05) is 13.2 Å². The van der Waals surface area contributed by atoms with Gasteiger partial charge >= 0.3 is 0 Å². The summed E-state index contributed by atoms with van der Waals surface area (Å²) in [6.07, 6.45) is 11.5. The van der Waals surface area contributed by atoms with E-state index in [1.54, 1.807) is 12.2 Å². The van der Waals surface area contributed by atoms with Gasteiger partial charge in [0, 0.05) is 28.5 Å². The number of hydrogen-bond donors (Lipinski definition) is 0. The van der Waals surface area contributed by atoms with Gasteiger partial charge in [0.15, 0.2) is 5.78 Å². The number of carbonyl (C=O) groups is 1. The first kappa shape index (κ1) is 20.1. The molecule has 0 radical (unpaired) electrons. The van der Waals surface area contributed by atoms with Gasteiger partial charge in [0.25, 0.3) is 0 Å². The van der Waals surface area contributed by atoms with Crippen LogP contribution in [0.1, 0.15) is 44.7 Å². The fourth-order valence-electron chi connectivity index (χ4n) is 2.76. The molecule has 0 aromatic heterocycles. The summed E-state index contributed by atoms with van der Waals surface area (Å²) in [6, 6.07) is 3.99. The topological polar surface area (TPSA) is 35.5 Å². The van der Waals surface area contributed by atoms with Crippen LogP contribution in [0.15, 0.2) is 42.0 Å². The molecule has 1 aromatic carbocycles. The van der Waals surface area contributed by atoms with E-state index in [0.717, 1.165) is 40.3 Å². The molecule has 0 heterocycles. The van der Waals surface area contributed by atoms with Crippen molar-refractivity contribution in [3.63, 3.8) is 0 Å². The number of aryl methyl sites for hydroxylation is 1. The molecule has 4 heteroatoms. The van der Waals surface area contributed by atoms with Gasteiger partial charge in [-0.15, -0.1) is 0 Å². The van der Waals surface area contributed by atoms with Crippen molar-refractivity contribution >= 4 is 28.9 Å². The second-order valence-electron chi connectivity index (χ2n) is 5.97. The van der Waals surface area contributed by atoms with Crippen LogP contribution >= 0.6 is 12.2 Å². The lowest BCUT2D eigenvalue weighted by atomic mass is 10.0. The summed E-state index contributed by atoms with van der Waals surface area (Å²) >= 11 is 5.12. The lowest BCUT2D eigenvalue weighted by Gasteiger charge is -2.15. The third kappa shape index (κ3) is 5.40. The lowest BCUT2D eigenvalue weighted by molar-refractivity contribution is -0.111. The molecule has 1 aromatic rings. The van der Waals surface area contributed by atoms with Gasteiger partial charge in [-0.1, -0.05) is 37.7 Å². The largest absolute Gasteiger partial charge is 0.493 e. The Balaban J connectivity index is 2.30. The van der Waals surface area contributed by atoms with Gasteiger partial charge in [-0.25, -0.2) is 0 Å². The molecule has 1 aliphatic rings. The number of carbonyl (C=O) groups excluding carboxylic acids is 1. The van der Waals surface area contributed by atoms with Crippen LogP contribution < -0.4 is 9.47 Å². The number of ketones is 1. The SMILES string of the molecule is CCCc1cc(C=CC(=O)C2=CCC(=S)C=C2)c(OCC)cc1OCC. The van der Waals surface area contributed by atoms with E-state index in [1.807, 2.05) is 38.1 Å². The fraction of sp³-hybridized carbons (Fsp3) is 0.364. The number of benzene rings is 1. The molecule has 0 N–H and O–H groups in total. The zero-order valence-electron chi connectivity index (χ0n) is 15.7. The van der Waals surface area contributed by atoms with E-state index in [2.05, 4.69) is 13.0 Å². The molecule has 0 amide bonds. The highest BCUT2D eigenvalue weighted by Gasteiger charge is 2.12. The van der Waals surface area contributed by atoms with Crippen molar-refractivity contribution in [1.29, 1.82) is 0 Å². The molecule has 26 heavy (non-hydrogen) atoms. The second kappa shape index (κ2) is 10.1. The zero-order chi connectivity index (χ0) is 18.9. The van der Waals surface area contributed by atoms with Gasteiger partial charge in [0.2, 0.25) is 0 Å². The molecular formula is C22H26O3S. The second-order valence-corrected chi connectivity index (χ2v) is 6.50. The lowest BCUT2D eigenvalue weighted by Crippen LogP contribution is -2.03. The minimum atomic E-state index is -0.0304. The van der Waals surface area contributed by atoms with E-state index in [0.29, 0.717) is 25.2 Å². The van der Waals surface area contributed by atoms with Crippen molar-refractivity contribution in [3.8, 4) is 11.5 Å². The monoisotopic (exact) mass is 370 g/mol. The third-order valence-electron chi connectivity index (χ3n) is 3.98.